The van der Waals surface area contributed by atoms with Crippen LogP contribution in [0.5, 0.6) is 0 Å². The first-order valence-corrected chi connectivity index (χ1v) is 11.7. The Balaban J connectivity index is 1.64. The van der Waals surface area contributed by atoms with E-state index >= 15 is 0 Å². The summed E-state index contributed by atoms with van der Waals surface area (Å²) >= 11 is 1.37. The van der Waals surface area contributed by atoms with Crippen LogP contribution in [0.1, 0.15) is 30.5 Å². The minimum absolute atomic E-state index is 0.0527. The predicted molar refractivity (Wildman–Crippen MR) is 133 cm³/mol. The first-order valence-electron chi connectivity index (χ1n) is 10.8. The highest BCUT2D eigenvalue weighted by atomic mass is 32.2. The summed E-state index contributed by atoms with van der Waals surface area (Å²) in [6.45, 7) is 2.20. The molecule has 9 nitrogen and oxygen atoms in total. The number of nitro groups is 1. The summed E-state index contributed by atoms with van der Waals surface area (Å²) in [5.41, 5.74) is 3.14. The average molecular weight is 493 g/mol. The van der Waals surface area contributed by atoms with Gasteiger partial charge in [-0.25, -0.2) is 9.79 Å². The molecule has 0 bridgehead atoms. The largest absolute Gasteiger partial charge is 0.466 e. The van der Waals surface area contributed by atoms with Gasteiger partial charge in [-0.05, 0) is 35.6 Å². The summed E-state index contributed by atoms with van der Waals surface area (Å²) in [4.78, 5) is 44.6. The van der Waals surface area contributed by atoms with Gasteiger partial charge in [0.25, 0.3) is 5.69 Å². The van der Waals surface area contributed by atoms with Gasteiger partial charge in [0.15, 0.2) is 5.17 Å². The summed E-state index contributed by atoms with van der Waals surface area (Å²) in [6, 6.07) is 15.1. The molecule has 4 rings (SSSR count). The number of carbonyl (C=O) groups excluding carboxylic acids is 2. The minimum atomic E-state index is -0.635. The molecule has 0 aliphatic carbocycles. The average Bonchev–Trinajstić information content (AvgIpc) is 3.25. The van der Waals surface area contributed by atoms with Crippen LogP contribution in [0.15, 0.2) is 82.0 Å². The van der Waals surface area contributed by atoms with Gasteiger partial charge in [-0.1, -0.05) is 42.1 Å². The summed E-state index contributed by atoms with van der Waals surface area (Å²) in [7, 11) is 3.05. The predicted octanol–water partition coefficient (Wildman–Crippen LogP) is 4.39. The number of hydrogen-bond acceptors (Lipinski definition) is 8. The number of rotatable bonds is 7. The SMILES string of the molecule is COC(=O)C1=C(C)N=C2SC=C(CC(=O)N(C)Cc3ccccc3)N2[C@H]1c1ccc([N+](=O)[O-])cc1. The van der Waals surface area contributed by atoms with E-state index in [1.807, 2.05) is 40.6 Å². The molecule has 2 heterocycles. The number of amidine groups is 1. The van der Waals surface area contributed by atoms with Gasteiger partial charge in [0.2, 0.25) is 5.91 Å². The molecule has 0 fully saturated rings. The fourth-order valence-corrected chi connectivity index (χ4v) is 5.03. The van der Waals surface area contributed by atoms with Crippen LogP contribution in [-0.2, 0) is 20.9 Å². The number of amides is 1. The van der Waals surface area contributed by atoms with Crippen molar-refractivity contribution in [3.05, 3.63) is 98.2 Å². The van der Waals surface area contributed by atoms with Crippen LogP contribution in [0.4, 0.5) is 5.69 Å². The molecule has 0 aromatic heterocycles. The quantitative estimate of drug-likeness (QED) is 0.321. The molecule has 2 aromatic rings. The number of benzene rings is 2. The van der Waals surface area contributed by atoms with Gasteiger partial charge in [-0.3, -0.25) is 14.9 Å². The third kappa shape index (κ3) is 4.97. The van der Waals surface area contributed by atoms with Crippen LogP contribution in [0.25, 0.3) is 0 Å². The second kappa shape index (κ2) is 10.1. The molecule has 0 saturated heterocycles. The number of aliphatic imine (C=N–C) groups is 1. The highest BCUT2D eigenvalue weighted by molar-refractivity contribution is 8.16. The molecule has 180 valence electrons. The lowest BCUT2D eigenvalue weighted by Crippen LogP contribution is -2.38. The highest BCUT2D eigenvalue weighted by Gasteiger charge is 2.41. The van der Waals surface area contributed by atoms with Gasteiger partial charge < -0.3 is 14.5 Å². The minimum Gasteiger partial charge on any atom is -0.466 e. The number of fused-ring (bicyclic) bond motifs is 1. The monoisotopic (exact) mass is 492 g/mol. The number of hydrogen-bond donors (Lipinski definition) is 0. The van der Waals surface area contributed by atoms with Crippen LogP contribution in [-0.4, -0.2) is 45.9 Å². The number of allylic oxidation sites excluding steroid dienone is 1. The Kier molecular flexibility index (Phi) is 7.02. The molecule has 2 aliphatic rings. The van der Waals surface area contributed by atoms with E-state index < -0.39 is 16.9 Å². The van der Waals surface area contributed by atoms with Crippen molar-refractivity contribution in [2.75, 3.05) is 14.2 Å². The number of nitrogens with zero attached hydrogens (tertiary/aromatic N) is 4. The maximum Gasteiger partial charge on any atom is 0.338 e. The van der Waals surface area contributed by atoms with Crippen LogP contribution < -0.4 is 0 Å². The molecule has 2 aliphatic heterocycles. The van der Waals surface area contributed by atoms with Crippen molar-refractivity contribution >= 4 is 34.5 Å². The molecule has 2 aromatic carbocycles. The second-order valence-corrected chi connectivity index (χ2v) is 8.98. The fraction of sp³-hybridized carbons (Fsp3) is 0.240. The summed E-state index contributed by atoms with van der Waals surface area (Å²) in [6.07, 6.45) is 0.104. The van der Waals surface area contributed by atoms with Gasteiger partial charge in [0, 0.05) is 31.4 Å². The van der Waals surface area contributed by atoms with Crippen molar-refractivity contribution < 1.29 is 19.2 Å². The summed E-state index contributed by atoms with van der Waals surface area (Å²) < 4.78 is 5.04. The molecule has 0 N–H and O–H groups in total. The number of esters is 1. The van der Waals surface area contributed by atoms with Crippen molar-refractivity contribution in [2.45, 2.75) is 25.9 Å². The molecule has 35 heavy (non-hydrogen) atoms. The zero-order chi connectivity index (χ0) is 25.1. The number of ether oxygens (including phenoxy) is 1. The number of non-ortho nitro benzene ring substituents is 1. The zero-order valence-corrected chi connectivity index (χ0v) is 20.3. The Morgan fingerprint density at radius 2 is 1.86 bits per heavy atom. The van der Waals surface area contributed by atoms with Gasteiger partial charge in [0.05, 0.1) is 35.8 Å². The number of methoxy groups -OCH3 is 1. The Morgan fingerprint density at radius 1 is 1.17 bits per heavy atom. The lowest BCUT2D eigenvalue weighted by Gasteiger charge is -2.36. The Hall–Kier alpha value is -3.92. The normalized spacial score (nSPS) is 16.9. The Morgan fingerprint density at radius 3 is 2.49 bits per heavy atom. The highest BCUT2D eigenvalue weighted by Crippen LogP contribution is 2.45. The molecular weight excluding hydrogens is 468 g/mol. The molecule has 1 amide bonds. The lowest BCUT2D eigenvalue weighted by molar-refractivity contribution is -0.384. The van der Waals surface area contributed by atoms with Gasteiger partial charge in [-0.2, -0.15) is 0 Å². The van der Waals surface area contributed by atoms with E-state index in [1.165, 1.54) is 31.0 Å². The maximum absolute atomic E-state index is 13.1. The smallest absolute Gasteiger partial charge is 0.338 e. The molecule has 0 saturated carbocycles. The van der Waals surface area contributed by atoms with E-state index in [9.17, 15) is 19.7 Å². The summed E-state index contributed by atoms with van der Waals surface area (Å²) in [5.74, 6) is -0.632. The summed E-state index contributed by atoms with van der Waals surface area (Å²) in [5, 5.41) is 13.6. The maximum atomic E-state index is 13.1. The van der Waals surface area contributed by atoms with Crippen molar-refractivity contribution in [3.8, 4) is 0 Å². The van der Waals surface area contributed by atoms with Crippen LogP contribution in [0, 0.1) is 10.1 Å². The van der Waals surface area contributed by atoms with Crippen molar-refractivity contribution in [1.29, 1.82) is 0 Å². The van der Waals surface area contributed by atoms with Crippen LogP contribution in [0.2, 0.25) is 0 Å². The van der Waals surface area contributed by atoms with Gasteiger partial charge in [-0.15, -0.1) is 0 Å². The van der Waals surface area contributed by atoms with E-state index in [0.29, 0.717) is 34.2 Å². The Labute approximate surface area is 206 Å². The topological polar surface area (TPSA) is 105 Å². The fourth-order valence-electron chi connectivity index (χ4n) is 4.07. The molecule has 0 spiro atoms. The first kappa shape index (κ1) is 24.2. The van der Waals surface area contributed by atoms with E-state index in [1.54, 1.807) is 31.0 Å². The number of thioether (sulfide) groups is 1. The molecule has 10 heteroatoms. The standard InChI is InChI=1S/C25H24N4O5S/c1-16-22(24(31)34-3)23(18-9-11-19(12-10-18)29(32)33)28-20(15-35-25(28)26-16)13-21(30)27(2)14-17-7-5-4-6-8-17/h4-12,15,23H,13-14H2,1-3H3/t23-/m0/s1. The first-order chi connectivity index (χ1) is 16.8. The van der Waals surface area contributed by atoms with E-state index in [4.69, 9.17) is 4.74 Å². The molecular formula is C25H24N4O5S. The number of carbonyl (C=O) groups is 2. The molecule has 1 atom stereocenters. The third-order valence-corrected chi connectivity index (χ3v) is 6.74. The van der Waals surface area contributed by atoms with Crippen molar-refractivity contribution in [3.63, 3.8) is 0 Å². The molecule has 0 unspecified atom stereocenters. The van der Waals surface area contributed by atoms with E-state index in [0.717, 1.165) is 5.56 Å². The van der Waals surface area contributed by atoms with E-state index in [-0.39, 0.29) is 18.0 Å². The lowest BCUT2D eigenvalue weighted by atomic mass is 9.93. The van der Waals surface area contributed by atoms with Crippen LogP contribution in [0.3, 0.4) is 0 Å². The number of nitro benzene ring substituents is 1. The van der Waals surface area contributed by atoms with E-state index in [2.05, 4.69) is 4.99 Å². The van der Waals surface area contributed by atoms with Crippen LogP contribution >= 0.6 is 11.8 Å². The Bertz CT molecular complexity index is 1250. The molecule has 0 radical (unpaired) electrons. The van der Waals surface area contributed by atoms with Crippen molar-refractivity contribution in [2.24, 2.45) is 4.99 Å². The van der Waals surface area contributed by atoms with Gasteiger partial charge in [0.1, 0.15) is 0 Å². The third-order valence-electron chi connectivity index (χ3n) is 5.85. The van der Waals surface area contributed by atoms with Crippen molar-refractivity contribution in [1.82, 2.24) is 9.80 Å². The van der Waals surface area contributed by atoms with Gasteiger partial charge >= 0.3 is 5.97 Å². The zero-order valence-electron chi connectivity index (χ0n) is 19.5. The second-order valence-electron chi connectivity index (χ2n) is 8.15.